The Hall–Kier alpha value is -2.63. The smallest absolute Gasteiger partial charge is 0.407 e. The molecule has 0 spiro atoms. The van der Waals surface area contributed by atoms with Gasteiger partial charge < -0.3 is 31.3 Å². The summed E-state index contributed by atoms with van der Waals surface area (Å²) in [5, 5.41) is 35.5. The van der Waals surface area contributed by atoms with Gasteiger partial charge in [-0.15, -0.1) is 0 Å². The third-order valence-electron chi connectivity index (χ3n) is 4.56. The molecule has 0 saturated carbocycles. The molecule has 1 aliphatic heterocycles. The summed E-state index contributed by atoms with van der Waals surface area (Å²) in [4.78, 5) is 24.2. The van der Waals surface area contributed by atoms with Crippen LogP contribution in [0.2, 0.25) is 0 Å². The zero-order chi connectivity index (χ0) is 20.5. The number of piperidine rings is 1. The highest BCUT2D eigenvalue weighted by molar-refractivity contribution is 5.68. The Labute approximate surface area is 162 Å². The van der Waals surface area contributed by atoms with Gasteiger partial charge in [0.05, 0.1) is 17.6 Å². The minimum Gasteiger partial charge on any atom is -0.448 e. The maximum atomic E-state index is 11.7. The largest absolute Gasteiger partial charge is 0.448 e. The molecule has 1 fully saturated rings. The van der Waals surface area contributed by atoms with Gasteiger partial charge in [0.25, 0.3) is 5.69 Å². The number of alkyl carbamates (subject to hydrolysis) is 1. The number of hydrogen-bond acceptors (Lipinski definition) is 9. The molecular weight excluding hydrogens is 370 g/mol. The lowest BCUT2D eigenvalue weighted by Crippen LogP contribution is -2.49. The van der Waals surface area contributed by atoms with Crippen LogP contribution in [0.5, 0.6) is 0 Å². The van der Waals surface area contributed by atoms with E-state index < -0.39 is 17.1 Å². The highest BCUT2D eigenvalue weighted by Gasteiger charge is 2.26. The molecule has 2 atom stereocenters. The summed E-state index contributed by atoms with van der Waals surface area (Å²) in [7, 11) is 0. The van der Waals surface area contributed by atoms with Gasteiger partial charge in [-0.05, 0) is 25.0 Å². The van der Waals surface area contributed by atoms with Gasteiger partial charge in [0, 0.05) is 44.0 Å². The number of likely N-dealkylation sites (tertiary alicyclic amines) is 1. The molecule has 1 heterocycles. The van der Waals surface area contributed by atoms with Crippen LogP contribution in [0.1, 0.15) is 12.8 Å². The fourth-order valence-electron chi connectivity index (χ4n) is 3.09. The second-order valence-electron chi connectivity index (χ2n) is 6.57. The van der Waals surface area contributed by atoms with E-state index in [1.165, 1.54) is 12.1 Å². The maximum absolute atomic E-state index is 11.7. The van der Waals surface area contributed by atoms with Crippen LogP contribution >= 0.6 is 0 Å². The van der Waals surface area contributed by atoms with Gasteiger partial charge in [0.1, 0.15) is 12.3 Å². The number of rotatable bonds is 9. The molecule has 0 aromatic heterocycles. The van der Waals surface area contributed by atoms with E-state index in [0.29, 0.717) is 43.9 Å². The average molecular weight is 397 g/mol. The molecule has 2 rings (SSSR count). The molecule has 11 heteroatoms. The second-order valence-corrected chi connectivity index (χ2v) is 6.57. The quantitative estimate of drug-likeness (QED) is 0.169. The monoisotopic (exact) mass is 397 g/mol. The van der Waals surface area contributed by atoms with Crippen LogP contribution in [-0.2, 0) is 4.74 Å². The number of nitro groups is 1. The van der Waals surface area contributed by atoms with Gasteiger partial charge in [-0.25, -0.2) is 4.79 Å². The number of carbonyl (C=O) groups is 1. The Morgan fingerprint density at radius 3 is 2.93 bits per heavy atom. The molecule has 28 heavy (non-hydrogen) atoms. The zero-order valence-electron chi connectivity index (χ0n) is 15.5. The van der Waals surface area contributed by atoms with Crippen molar-refractivity contribution in [1.29, 1.82) is 0 Å². The predicted octanol–water partition coefficient (Wildman–Crippen LogP) is 0.133. The highest BCUT2D eigenvalue weighted by atomic mass is 16.6. The molecule has 1 aromatic rings. The van der Waals surface area contributed by atoms with Crippen molar-refractivity contribution in [1.82, 2.24) is 10.2 Å². The zero-order valence-corrected chi connectivity index (χ0v) is 15.5. The minimum atomic E-state index is -0.591. The number of nitrogens with one attached hydrogen (secondary N) is 2. The molecule has 1 aromatic carbocycles. The molecule has 156 valence electrons. The van der Waals surface area contributed by atoms with Gasteiger partial charge in [-0.2, -0.15) is 0 Å². The number of nitrogens with two attached hydrogens (primary N) is 1. The van der Waals surface area contributed by atoms with Crippen LogP contribution in [0.15, 0.2) is 18.2 Å². The number of benzene rings is 1. The Morgan fingerprint density at radius 2 is 2.21 bits per heavy atom. The summed E-state index contributed by atoms with van der Waals surface area (Å²) in [6, 6.07) is 4.19. The van der Waals surface area contributed by atoms with E-state index in [9.17, 15) is 25.1 Å². The number of ether oxygens (including phenoxy) is 1. The van der Waals surface area contributed by atoms with E-state index in [-0.39, 0.29) is 31.5 Å². The standard InChI is InChI=1S/C17H27N5O6/c18-12-1-2-15(16(9-12)22(26)27)19-5-8-28-17(25)20-4-7-21-6-3-14(24)10-13(21)11-23/h1-2,9,13-14,19,23-24H,3-8,10-11,18H2,(H,20,25). The maximum Gasteiger partial charge on any atom is 0.407 e. The average Bonchev–Trinajstić information content (AvgIpc) is 2.67. The molecule has 0 bridgehead atoms. The lowest BCUT2D eigenvalue weighted by Gasteiger charge is -2.36. The van der Waals surface area contributed by atoms with E-state index in [1.54, 1.807) is 6.07 Å². The third-order valence-corrected chi connectivity index (χ3v) is 4.56. The minimum absolute atomic E-state index is 0.0303. The molecule has 6 N–H and O–H groups in total. The van der Waals surface area contributed by atoms with Gasteiger partial charge in [0.15, 0.2) is 0 Å². The van der Waals surface area contributed by atoms with Crippen molar-refractivity contribution in [3.8, 4) is 0 Å². The van der Waals surface area contributed by atoms with Crippen LogP contribution in [-0.4, -0.2) is 77.7 Å². The Balaban J connectivity index is 1.65. The van der Waals surface area contributed by atoms with E-state index in [1.807, 2.05) is 4.90 Å². The fourth-order valence-corrected chi connectivity index (χ4v) is 3.09. The molecule has 0 aliphatic carbocycles. The van der Waals surface area contributed by atoms with Crippen LogP contribution in [0.25, 0.3) is 0 Å². The summed E-state index contributed by atoms with van der Waals surface area (Å²) in [5.41, 5.74) is 5.99. The Morgan fingerprint density at radius 1 is 1.43 bits per heavy atom. The van der Waals surface area contributed by atoms with E-state index in [0.717, 1.165) is 0 Å². The summed E-state index contributed by atoms with van der Waals surface area (Å²) in [5.74, 6) is 0. The second kappa shape index (κ2) is 10.6. The molecule has 11 nitrogen and oxygen atoms in total. The van der Waals surface area contributed by atoms with Crippen molar-refractivity contribution in [2.45, 2.75) is 25.0 Å². The Bertz CT molecular complexity index is 673. The Kier molecular flexibility index (Phi) is 8.23. The molecule has 1 saturated heterocycles. The van der Waals surface area contributed by atoms with Crippen molar-refractivity contribution in [2.24, 2.45) is 0 Å². The summed E-state index contributed by atoms with van der Waals surface area (Å²) in [6.07, 6.45) is 0.176. The van der Waals surface area contributed by atoms with Crippen molar-refractivity contribution in [2.75, 3.05) is 50.4 Å². The van der Waals surface area contributed by atoms with Crippen LogP contribution in [0.4, 0.5) is 21.9 Å². The lowest BCUT2D eigenvalue weighted by atomic mass is 10.0. The number of nitrogens with zero attached hydrogens (tertiary/aromatic N) is 2. The number of nitro benzene ring substituents is 1. The van der Waals surface area contributed by atoms with Crippen molar-refractivity contribution in [3.63, 3.8) is 0 Å². The number of carbonyl (C=O) groups excluding carboxylic acids is 1. The number of aliphatic hydroxyl groups is 2. The van der Waals surface area contributed by atoms with E-state index in [4.69, 9.17) is 10.5 Å². The predicted molar refractivity (Wildman–Crippen MR) is 103 cm³/mol. The SMILES string of the molecule is Nc1ccc(NCCOC(=O)NCCN2CCC(O)CC2CO)c([N+](=O)[O-])c1. The van der Waals surface area contributed by atoms with E-state index in [2.05, 4.69) is 10.6 Å². The van der Waals surface area contributed by atoms with Crippen LogP contribution in [0, 0.1) is 10.1 Å². The summed E-state index contributed by atoms with van der Waals surface area (Å²) < 4.78 is 5.03. The number of nitrogen functional groups attached to an aromatic ring is 1. The van der Waals surface area contributed by atoms with E-state index >= 15 is 0 Å². The first-order valence-electron chi connectivity index (χ1n) is 9.12. The first-order chi connectivity index (χ1) is 13.4. The number of amides is 1. The number of aliphatic hydroxyl groups excluding tert-OH is 2. The van der Waals surface area contributed by atoms with Crippen LogP contribution < -0.4 is 16.4 Å². The summed E-state index contributed by atoms with van der Waals surface area (Å²) >= 11 is 0. The van der Waals surface area contributed by atoms with Gasteiger partial charge >= 0.3 is 6.09 Å². The van der Waals surface area contributed by atoms with Gasteiger partial charge in [-0.3, -0.25) is 15.0 Å². The van der Waals surface area contributed by atoms with Crippen LogP contribution in [0.3, 0.4) is 0 Å². The molecule has 1 aliphatic rings. The van der Waals surface area contributed by atoms with Crippen molar-refractivity contribution in [3.05, 3.63) is 28.3 Å². The van der Waals surface area contributed by atoms with Crippen molar-refractivity contribution < 1.29 is 24.7 Å². The van der Waals surface area contributed by atoms with Gasteiger partial charge in [-0.1, -0.05) is 0 Å². The first-order valence-corrected chi connectivity index (χ1v) is 9.12. The highest BCUT2D eigenvalue weighted by Crippen LogP contribution is 2.26. The number of anilines is 2. The van der Waals surface area contributed by atoms with Gasteiger partial charge in [0.2, 0.25) is 0 Å². The third kappa shape index (κ3) is 6.51. The lowest BCUT2D eigenvalue weighted by molar-refractivity contribution is -0.383. The molecule has 0 radical (unpaired) electrons. The van der Waals surface area contributed by atoms with Crippen molar-refractivity contribution >= 4 is 23.2 Å². The number of hydrogen-bond donors (Lipinski definition) is 5. The fraction of sp³-hybridized carbons (Fsp3) is 0.588. The molecule has 1 amide bonds. The summed E-state index contributed by atoms with van der Waals surface area (Å²) in [6.45, 7) is 1.75. The first kappa shape index (κ1) is 21.7. The molecular formula is C17H27N5O6. The topological polar surface area (TPSA) is 163 Å². The normalized spacial score (nSPS) is 19.8. The molecule has 2 unspecified atom stereocenters.